The number of thiazole rings is 1. The van der Waals surface area contributed by atoms with Gasteiger partial charge in [0.05, 0.1) is 22.0 Å². The Labute approximate surface area is 144 Å². The van der Waals surface area contributed by atoms with Gasteiger partial charge in [0.1, 0.15) is 0 Å². The molecule has 0 bridgehead atoms. The molecule has 2 aromatic rings. The van der Waals surface area contributed by atoms with Gasteiger partial charge in [0.25, 0.3) is 11.8 Å². The molecule has 24 heavy (non-hydrogen) atoms. The van der Waals surface area contributed by atoms with Gasteiger partial charge >= 0.3 is 0 Å². The van der Waals surface area contributed by atoms with E-state index in [1.54, 1.807) is 36.5 Å². The topological polar surface area (TPSA) is 80.3 Å². The van der Waals surface area contributed by atoms with Crippen molar-refractivity contribution in [1.82, 2.24) is 10.3 Å². The second kappa shape index (κ2) is 6.60. The summed E-state index contributed by atoms with van der Waals surface area (Å²) in [6, 6.07) is 5.14. The minimum atomic E-state index is -0.616. The Morgan fingerprint density at radius 3 is 2.92 bits per heavy atom. The lowest BCUT2D eigenvalue weighted by Gasteiger charge is -2.25. The van der Waals surface area contributed by atoms with E-state index >= 15 is 0 Å². The maximum Gasteiger partial charge on any atom is 0.265 e. The van der Waals surface area contributed by atoms with Crippen molar-refractivity contribution in [2.24, 2.45) is 0 Å². The average molecular weight is 345 g/mol. The molecule has 1 aromatic carbocycles. The van der Waals surface area contributed by atoms with Crippen LogP contribution >= 0.6 is 11.3 Å². The first-order chi connectivity index (χ1) is 11.5. The van der Waals surface area contributed by atoms with Crippen LogP contribution in [0.3, 0.4) is 0 Å². The van der Waals surface area contributed by atoms with E-state index in [1.165, 1.54) is 4.88 Å². The molecular weight excluding hydrogens is 326 g/mol. The van der Waals surface area contributed by atoms with E-state index in [0.29, 0.717) is 23.5 Å². The van der Waals surface area contributed by atoms with Crippen LogP contribution in [0, 0.1) is 13.8 Å². The Morgan fingerprint density at radius 2 is 2.21 bits per heavy atom. The van der Waals surface area contributed by atoms with Crippen molar-refractivity contribution in [3.8, 4) is 5.75 Å². The molecule has 2 N–H and O–H groups in total. The minimum absolute atomic E-state index is 0.212. The monoisotopic (exact) mass is 345 g/mol. The summed E-state index contributed by atoms with van der Waals surface area (Å²) in [5, 5.41) is 6.69. The number of carbonyl (C=O) groups is 2. The first kappa shape index (κ1) is 16.4. The van der Waals surface area contributed by atoms with Crippen LogP contribution in [-0.2, 0) is 11.2 Å². The SMILES string of the molecule is Cc1nc(C)c(CCNC(=O)c2cccc3c2O[C@H](C)C(=O)N3)s1. The molecule has 0 saturated carbocycles. The minimum Gasteiger partial charge on any atom is -0.478 e. The van der Waals surface area contributed by atoms with E-state index in [0.717, 1.165) is 17.1 Å². The third-order valence-corrected chi connectivity index (χ3v) is 4.95. The van der Waals surface area contributed by atoms with Crippen LogP contribution in [0.5, 0.6) is 5.75 Å². The summed E-state index contributed by atoms with van der Waals surface area (Å²) in [5.74, 6) is -0.00268. The number of nitrogens with zero attached hydrogens (tertiary/aromatic N) is 1. The highest BCUT2D eigenvalue weighted by Gasteiger charge is 2.27. The number of para-hydroxylation sites is 1. The second-order valence-corrected chi connectivity index (χ2v) is 6.97. The highest BCUT2D eigenvalue weighted by molar-refractivity contribution is 7.11. The number of amides is 2. The zero-order chi connectivity index (χ0) is 17.3. The zero-order valence-electron chi connectivity index (χ0n) is 13.8. The van der Waals surface area contributed by atoms with E-state index in [9.17, 15) is 9.59 Å². The fraction of sp³-hybridized carbons (Fsp3) is 0.353. The largest absolute Gasteiger partial charge is 0.478 e. The average Bonchev–Trinajstić information content (AvgIpc) is 2.85. The molecule has 3 rings (SSSR count). The van der Waals surface area contributed by atoms with Gasteiger partial charge in [-0.2, -0.15) is 0 Å². The number of aromatic nitrogens is 1. The van der Waals surface area contributed by atoms with E-state index in [1.807, 2.05) is 13.8 Å². The van der Waals surface area contributed by atoms with Crippen molar-refractivity contribution in [2.75, 3.05) is 11.9 Å². The Balaban J connectivity index is 1.69. The predicted octanol–water partition coefficient (Wildman–Crippen LogP) is 2.45. The highest BCUT2D eigenvalue weighted by Crippen LogP contribution is 2.33. The predicted molar refractivity (Wildman–Crippen MR) is 92.8 cm³/mol. The van der Waals surface area contributed by atoms with Gasteiger partial charge in [-0.3, -0.25) is 9.59 Å². The molecule has 2 amide bonds. The number of hydrogen-bond donors (Lipinski definition) is 2. The first-order valence-corrected chi connectivity index (χ1v) is 8.59. The lowest BCUT2D eigenvalue weighted by atomic mass is 10.1. The van der Waals surface area contributed by atoms with Crippen molar-refractivity contribution in [1.29, 1.82) is 0 Å². The molecule has 1 aliphatic rings. The molecule has 7 heteroatoms. The number of aryl methyl sites for hydroxylation is 2. The van der Waals surface area contributed by atoms with Crippen molar-refractivity contribution in [3.63, 3.8) is 0 Å². The van der Waals surface area contributed by atoms with E-state index in [-0.39, 0.29) is 11.8 Å². The lowest BCUT2D eigenvalue weighted by Crippen LogP contribution is -2.36. The Morgan fingerprint density at radius 1 is 1.42 bits per heavy atom. The number of carbonyl (C=O) groups excluding carboxylic acids is 2. The summed E-state index contributed by atoms with van der Waals surface area (Å²) >= 11 is 1.65. The molecule has 0 saturated heterocycles. The van der Waals surface area contributed by atoms with Crippen LogP contribution < -0.4 is 15.4 Å². The fourth-order valence-electron chi connectivity index (χ4n) is 2.60. The van der Waals surface area contributed by atoms with Crippen LogP contribution in [0.25, 0.3) is 0 Å². The van der Waals surface area contributed by atoms with Gasteiger partial charge in [-0.1, -0.05) is 6.07 Å². The standard InChI is InChI=1S/C17H19N3O3S/c1-9-14(24-11(3)19-9)7-8-18-17(22)12-5-4-6-13-15(12)23-10(2)16(21)20-13/h4-6,10H,7-8H2,1-3H3,(H,18,22)(H,20,21)/t10-/m1/s1. The van der Waals surface area contributed by atoms with Gasteiger partial charge in [-0.05, 0) is 32.9 Å². The van der Waals surface area contributed by atoms with Crippen LogP contribution in [0.2, 0.25) is 0 Å². The van der Waals surface area contributed by atoms with Crippen molar-refractivity contribution in [2.45, 2.75) is 33.3 Å². The van der Waals surface area contributed by atoms with Gasteiger partial charge < -0.3 is 15.4 Å². The summed E-state index contributed by atoms with van der Waals surface area (Å²) in [4.78, 5) is 29.7. The van der Waals surface area contributed by atoms with Crippen molar-refractivity contribution < 1.29 is 14.3 Å². The van der Waals surface area contributed by atoms with Crippen LogP contribution in [0.15, 0.2) is 18.2 Å². The van der Waals surface area contributed by atoms with Gasteiger partial charge in [-0.15, -0.1) is 11.3 Å². The van der Waals surface area contributed by atoms with Gasteiger partial charge in [-0.25, -0.2) is 4.98 Å². The number of hydrogen-bond acceptors (Lipinski definition) is 5. The van der Waals surface area contributed by atoms with E-state index < -0.39 is 6.10 Å². The molecular formula is C17H19N3O3S. The van der Waals surface area contributed by atoms with Gasteiger partial charge in [0.15, 0.2) is 11.9 Å². The maximum atomic E-state index is 12.5. The molecule has 0 unspecified atom stereocenters. The van der Waals surface area contributed by atoms with Crippen LogP contribution in [0.1, 0.15) is 32.9 Å². The molecule has 1 aromatic heterocycles. The molecule has 0 spiro atoms. The number of ether oxygens (including phenoxy) is 1. The maximum absolute atomic E-state index is 12.5. The lowest BCUT2D eigenvalue weighted by molar-refractivity contribution is -0.122. The van der Waals surface area contributed by atoms with Crippen molar-refractivity contribution in [3.05, 3.63) is 39.3 Å². The molecule has 0 fully saturated rings. The van der Waals surface area contributed by atoms with E-state index in [4.69, 9.17) is 4.74 Å². The third kappa shape index (κ3) is 3.26. The number of fused-ring (bicyclic) bond motifs is 1. The molecule has 2 heterocycles. The van der Waals surface area contributed by atoms with Crippen LogP contribution in [0.4, 0.5) is 5.69 Å². The van der Waals surface area contributed by atoms with Crippen LogP contribution in [-0.4, -0.2) is 29.4 Å². The summed E-state index contributed by atoms with van der Waals surface area (Å²) in [7, 11) is 0. The summed E-state index contributed by atoms with van der Waals surface area (Å²) in [6.45, 7) is 6.13. The van der Waals surface area contributed by atoms with Crippen molar-refractivity contribution >= 4 is 28.8 Å². The summed E-state index contributed by atoms with van der Waals surface area (Å²) in [5.41, 5.74) is 1.97. The molecule has 1 aliphatic heterocycles. The third-order valence-electron chi connectivity index (χ3n) is 3.82. The normalized spacial score (nSPS) is 16.1. The summed E-state index contributed by atoms with van der Waals surface area (Å²) in [6.07, 6.45) is 0.126. The Bertz CT molecular complexity index is 800. The van der Waals surface area contributed by atoms with E-state index in [2.05, 4.69) is 15.6 Å². The second-order valence-electron chi connectivity index (χ2n) is 5.68. The Hall–Kier alpha value is -2.41. The molecule has 0 aliphatic carbocycles. The Kier molecular flexibility index (Phi) is 4.53. The summed E-state index contributed by atoms with van der Waals surface area (Å²) < 4.78 is 5.60. The number of rotatable bonds is 4. The zero-order valence-corrected chi connectivity index (χ0v) is 14.6. The fourth-order valence-corrected chi connectivity index (χ4v) is 3.53. The number of anilines is 1. The number of nitrogens with one attached hydrogen (secondary N) is 2. The molecule has 1 atom stereocenters. The molecule has 0 radical (unpaired) electrons. The smallest absolute Gasteiger partial charge is 0.265 e. The number of benzene rings is 1. The van der Waals surface area contributed by atoms with Gasteiger partial charge in [0.2, 0.25) is 0 Å². The highest BCUT2D eigenvalue weighted by atomic mass is 32.1. The molecule has 6 nitrogen and oxygen atoms in total. The molecule has 126 valence electrons. The van der Waals surface area contributed by atoms with Gasteiger partial charge in [0, 0.05) is 17.8 Å². The first-order valence-electron chi connectivity index (χ1n) is 7.77. The quantitative estimate of drug-likeness (QED) is 0.892.